The molecule has 14 heteroatoms. The van der Waals surface area contributed by atoms with Crippen molar-refractivity contribution in [2.45, 2.75) is 0 Å². The molecule has 2 amide bonds. The van der Waals surface area contributed by atoms with Crippen LogP contribution in [0.3, 0.4) is 0 Å². The number of nitro groups is 1. The van der Waals surface area contributed by atoms with Crippen LogP contribution >= 0.6 is 0 Å². The summed E-state index contributed by atoms with van der Waals surface area (Å²) in [6.45, 7) is 3.54. The van der Waals surface area contributed by atoms with Crippen LogP contribution in [0.15, 0.2) is 36.4 Å². The molecule has 0 unspecified atom stereocenters. The van der Waals surface area contributed by atoms with Crippen molar-refractivity contribution in [1.29, 1.82) is 0 Å². The quantitative estimate of drug-likeness (QED) is 0.0595. The highest BCUT2D eigenvalue weighted by atomic mass is 16.7. The normalized spacial score (nSPS) is 12.8. The van der Waals surface area contributed by atoms with Gasteiger partial charge in [-0.2, -0.15) is 0 Å². The lowest BCUT2D eigenvalue weighted by Crippen LogP contribution is -2.33. The zero-order valence-corrected chi connectivity index (χ0v) is 20.2. The van der Waals surface area contributed by atoms with Gasteiger partial charge in [0.1, 0.15) is 12.4 Å². The Hall–Kier alpha value is -3.43. The van der Waals surface area contributed by atoms with E-state index in [1.807, 2.05) is 0 Å². The van der Waals surface area contributed by atoms with Crippen molar-refractivity contribution in [2.24, 2.45) is 0 Å². The van der Waals surface area contributed by atoms with Gasteiger partial charge in [-0.1, -0.05) is 0 Å². The topological polar surface area (TPSA) is 162 Å². The SMILES string of the molecule is O=C(OCCOCCOCCOCCOCCOCCN1C(=O)C=CC1=O)Oc1ccc([N+](=O)[O-])cc1. The molecule has 2 rings (SSSR count). The molecule has 14 nitrogen and oxygen atoms in total. The molecule has 0 spiro atoms. The van der Waals surface area contributed by atoms with Gasteiger partial charge in [-0.3, -0.25) is 24.6 Å². The number of benzene rings is 1. The molecule has 0 aliphatic carbocycles. The zero-order chi connectivity index (χ0) is 26.7. The molecule has 0 radical (unpaired) electrons. The minimum absolute atomic E-state index is 0.0186. The number of ether oxygens (including phenoxy) is 7. The van der Waals surface area contributed by atoms with Crippen LogP contribution in [-0.2, 0) is 38.0 Å². The standard InChI is InChI=1S/C23H30N2O12/c26-21-5-6-22(27)24(21)7-8-31-9-10-32-11-12-33-13-14-34-15-16-35-17-18-36-23(28)37-20-3-1-19(2-4-20)25(29)30/h1-6H,7-18H2. The number of hydrogen-bond acceptors (Lipinski definition) is 12. The van der Waals surface area contributed by atoms with Crippen LogP contribution in [0.4, 0.5) is 10.5 Å². The third-order valence-electron chi connectivity index (χ3n) is 4.54. The van der Waals surface area contributed by atoms with Gasteiger partial charge in [0.25, 0.3) is 17.5 Å². The van der Waals surface area contributed by atoms with E-state index in [1.54, 1.807) is 0 Å². The largest absolute Gasteiger partial charge is 0.513 e. The van der Waals surface area contributed by atoms with E-state index in [4.69, 9.17) is 33.2 Å². The molecule has 0 saturated heterocycles. The number of non-ortho nitro benzene ring substituents is 1. The molecular formula is C23H30N2O12. The van der Waals surface area contributed by atoms with Crippen LogP contribution in [0, 0.1) is 10.1 Å². The fourth-order valence-corrected chi connectivity index (χ4v) is 2.73. The predicted molar refractivity (Wildman–Crippen MR) is 125 cm³/mol. The molecule has 0 fully saturated rings. The first-order chi connectivity index (χ1) is 18.0. The summed E-state index contributed by atoms with van der Waals surface area (Å²) in [5, 5.41) is 10.6. The summed E-state index contributed by atoms with van der Waals surface area (Å²) in [5.41, 5.74) is -0.112. The van der Waals surface area contributed by atoms with Crippen LogP contribution in [0.2, 0.25) is 0 Å². The van der Waals surface area contributed by atoms with E-state index in [9.17, 15) is 24.5 Å². The Bertz CT molecular complexity index is 872. The van der Waals surface area contributed by atoms with Crippen LogP contribution in [-0.4, -0.2) is 107 Å². The Kier molecular flexibility index (Phi) is 14.4. The highest BCUT2D eigenvalue weighted by Gasteiger charge is 2.22. The van der Waals surface area contributed by atoms with Gasteiger partial charge < -0.3 is 33.2 Å². The average Bonchev–Trinajstić information content (AvgIpc) is 3.20. The van der Waals surface area contributed by atoms with Gasteiger partial charge in [0.05, 0.1) is 77.5 Å². The lowest BCUT2D eigenvalue weighted by Gasteiger charge is -2.13. The van der Waals surface area contributed by atoms with Gasteiger partial charge in [-0.25, -0.2) is 4.79 Å². The number of hydrogen-bond donors (Lipinski definition) is 0. The Balaban J connectivity index is 1.28. The fourth-order valence-electron chi connectivity index (χ4n) is 2.73. The van der Waals surface area contributed by atoms with Gasteiger partial charge in [0.15, 0.2) is 0 Å². The van der Waals surface area contributed by atoms with E-state index in [1.165, 1.54) is 36.4 Å². The Morgan fingerprint density at radius 1 is 0.703 bits per heavy atom. The van der Waals surface area contributed by atoms with E-state index >= 15 is 0 Å². The molecule has 0 saturated carbocycles. The molecule has 0 bridgehead atoms. The molecule has 1 aromatic rings. The number of nitrogens with zero attached hydrogens (tertiary/aromatic N) is 2. The molecule has 1 aliphatic rings. The van der Waals surface area contributed by atoms with Crippen molar-refractivity contribution >= 4 is 23.7 Å². The minimum Gasteiger partial charge on any atom is -0.432 e. The lowest BCUT2D eigenvalue weighted by atomic mass is 10.3. The third-order valence-corrected chi connectivity index (χ3v) is 4.54. The molecule has 0 aromatic heterocycles. The first-order valence-corrected chi connectivity index (χ1v) is 11.5. The van der Waals surface area contributed by atoms with E-state index in [-0.39, 0.29) is 49.6 Å². The number of carbonyl (C=O) groups is 3. The van der Waals surface area contributed by atoms with E-state index in [0.717, 1.165) is 4.90 Å². The van der Waals surface area contributed by atoms with E-state index < -0.39 is 11.1 Å². The maximum atomic E-state index is 11.5. The number of imide groups is 1. The molecule has 0 atom stereocenters. The molecule has 1 aliphatic heterocycles. The van der Waals surface area contributed by atoms with Crippen LogP contribution in [0.5, 0.6) is 5.75 Å². The summed E-state index contributed by atoms with van der Waals surface area (Å²) >= 11 is 0. The number of nitro benzene ring substituents is 1. The Morgan fingerprint density at radius 3 is 1.59 bits per heavy atom. The highest BCUT2D eigenvalue weighted by Crippen LogP contribution is 2.17. The van der Waals surface area contributed by atoms with Crippen LogP contribution in [0.25, 0.3) is 0 Å². The average molecular weight is 526 g/mol. The van der Waals surface area contributed by atoms with Gasteiger partial charge >= 0.3 is 6.16 Å². The molecule has 1 heterocycles. The van der Waals surface area contributed by atoms with Crippen molar-refractivity contribution in [3.63, 3.8) is 0 Å². The summed E-state index contributed by atoms with van der Waals surface area (Å²) in [5.74, 6) is -0.521. The number of rotatable bonds is 20. The second kappa shape index (κ2) is 17.9. The van der Waals surface area contributed by atoms with Crippen molar-refractivity contribution in [1.82, 2.24) is 4.90 Å². The maximum absolute atomic E-state index is 11.5. The van der Waals surface area contributed by atoms with E-state index in [2.05, 4.69) is 0 Å². The second-order valence-corrected chi connectivity index (χ2v) is 7.17. The number of amides is 2. The third kappa shape index (κ3) is 12.9. The molecule has 204 valence electrons. The Labute approximate surface area is 213 Å². The first-order valence-electron chi connectivity index (χ1n) is 11.5. The summed E-state index contributed by atoms with van der Waals surface area (Å²) in [6, 6.07) is 5.03. The van der Waals surface area contributed by atoms with Crippen LogP contribution in [0.1, 0.15) is 0 Å². The fraction of sp³-hybridized carbons (Fsp3) is 0.522. The maximum Gasteiger partial charge on any atom is 0.513 e. The van der Waals surface area contributed by atoms with Gasteiger partial charge in [0, 0.05) is 24.3 Å². The predicted octanol–water partition coefficient (Wildman–Crippen LogP) is 1.12. The first kappa shape index (κ1) is 29.8. The van der Waals surface area contributed by atoms with Crippen molar-refractivity contribution < 1.29 is 52.5 Å². The summed E-state index contributed by atoms with van der Waals surface area (Å²) in [6.07, 6.45) is 1.53. The summed E-state index contributed by atoms with van der Waals surface area (Å²) in [4.78, 5) is 45.4. The van der Waals surface area contributed by atoms with Gasteiger partial charge in [-0.15, -0.1) is 0 Å². The minimum atomic E-state index is -0.937. The number of carbonyl (C=O) groups excluding carboxylic acids is 3. The molecule has 1 aromatic carbocycles. The van der Waals surface area contributed by atoms with Gasteiger partial charge in [0.2, 0.25) is 0 Å². The van der Waals surface area contributed by atoms with E-state index in [0.29, 0.717) is 52.9 Å². The van der Waals surface area contributed by atoms with Gasteiger partial charge in [-0.05, 0) is 12.1 Å². The lowest BCUT2D eigenvalue weighted by molar-refractivity contribution is -0.384. The van der Waals surface area contributed by atoms with Crippen molar-refractivity contribution in [3.05, 3.63) is 46.5 Å². The smallest absolute Gasteiger partial charge is 0.432 e. The summed E-state index contributed by atoms with van der Waals surface area (Å²) in [7, 11) is 0. The highest BCUT2D eigenvalue weighted by molar-refractivity contribution is 6.12. The van der Waals surface area contributed by atoms with Crippen molar-refractivity contribution in [2.75, 3.05) is 79.2 Å². The monoisotopic (exact) mass is 526 g/mol. The van der Waals surface area contributed by atoms with Crippen molar-refractivity contribution in [3.8, 4) is 5.75 Å². The summed E-state index contributed by atoms with van der Waals surface area (Å²) < 4.78 is 36.4. The molecule has 0 N–H and O–H groups in total. The molecular weight excluding hydrogens is 496 g/mol. The van der Waals surface area contributed by atoms with Crippen LogP contribution < -0.4 is 4.74 Å². The zero-order valence-electron chi connectivity index (χ0n) is 20.2. The Morgan fingerprint density at radius 2 is 1.14 bits per heavy atom. The molecule has 37 heavy (non-hydrogen) atoms. The second-order valence-electron chi connectivity index (χ2n) is 7.17.